The quantitative estimate of drug-likeness (QED) is 0.123. The Hall–Kier alpha value is -4.85. The van der Waals surface area contributed by atoms with Crippen LogP contribution in [0, 0.1) is 5.92 Å². The summed E-state index contributed by atoms with van der Waals surface area (Å²) in [6.45, 7) is 2.25. The van der Waals surface area contributed by atoms with Gasteiger partial charge < -0.3 is 20.1 Å². The highest BCUT2D eigenvalue weighted by atomic mass is 32.2. The van der Waals surface area contributed by atoms with E-state index in [1.165, 1.54) is 42.0 Å². The maximum Gasteiger partial charge on any atom is 0.337 e. The molecular formula is C43H49N3O8S2. The summed E-state index contributed by atoms with van der Waals surface area (Å²) >= 11 is 1.40. The summed E-state index contributed by atoms with van der Waals surface area (Å²) < 4.78 is 39.4. The number of esters is 2. The van der Waals surface area contributed by atoms with E-state index < -0.39 is 15.9 Å². The molecule has 2 aliphatic rings. The standard InChI is InChI=1S/C43H49N3O8S2/c1-4-26-46(34-24-20-31(21-25-34)43(50)54-3)56(51,52)35-9-7-8-32(27-35)39(47)45-41-38(36-10-5-6-11-37(36)55-41)40(48)44-33-22-16-29(17-23-33)13-12-28-14-18-30(19-15-28)42(49)53-2/h7-9,14-19,22-23,27,31,34H,4-6,10-13,20-21,24-26H2,1-3H3,(H,44,48)(H,45,47)/t31-,34-. The second-order valence-electron chi connectivity index (χ2n) is 14.4. The number of benzene rings is 3. The van der Waals surface area contributed by atoms with Gasteiger partial charge in [-0.2, -0.15) is 4.31 Å². The molecule has 6 rings (SSSR count). The lowest BCUT2D eigenvalue weighted by Crippen LogP contribution is -2.43. The van der Waals surface area contributed by atoms with Crippen molar-refractivity contribution in [3.8, 4) is 0 Å². The summed E-state index contributed by atoms with van der Waals surface area (Å²) in [5, 5.41) is 6.44. The van der Waals surface area contributed by atoms with Gasteiger partial charge in [-0.15, -0.1) is 11.3 Å². The van der Waals surface area contributed by atoms with Gasteiger partial charge in [-0.3, -0.25) is 14.4 Å². The SMILES string of the molecule is CCCN([C@H]1CC[C@H](C(=O)OC)CC1)S(=O)(=O)c1cccc(C(=O)Nc2sc3c(c2C(=O)Nc2ccc(CCc4ccc(C(=O)OC)cc4)cc2)CCCC3)c1. The molecule has 2 amide bonds. The van der Waals surface area contributed by atoms with E-state index in [0.29, 0.717) is 60.5 Å². The van der Waals surface area contributed by atoms with Crippen molar-refractivity contribution in [2.24, 2.45) is 5.92 Å². The molecule has 1 heterocycles. The number of methoxy groups -OCH3 is 2. The lowest BCUT2D eigenvalue weighted by atomic mass is 9.86. The third-order valence-electron chi connectivity index (χ3n) is 10.7. The Balaban J connectivity index is 1.14. The average molecular weight is 800 g/mol. The third-order valence-corrected chi connectivity index (χ3v) is 13.9. The van der Waals surface area contributed by atoms with Crippen LogP contribution in [0.5, 0.6) is 0 Å². The highest BCUT2D eigenvalue weighted by molar-refractivity contribution is 7.89. The van der Waals surface area contributed by atoms with Crippen molar-refractivity contribution < 1.29 is 37.1 Å². The van der Waals surface area contributed by atoms with Crippen molar-refractivity contribution >= 4 is 55.8 Å². The molecule has 0 radical (unpaired) electrons. The monoisotopic (exact) mass is 799 g/mol. The lowest BCUT2D eigenvalue weighted by Gasteiger charge is -2.35. The second kappa shape index (κ2) is 18.4. The predicted molar refractivity (Wildman–Crippen MR) is 217 cm³/mol. The van der Waals surface area contributed by atoms with E-state index in [0.717, 1.165) is 60.1 Å². The van der Waals surface area contributed by atoms with Gasteiger partial charge in [-0.05, 0) is 130 Å². The fraction of sp³-hybridized carbons (Fsp3) is 0.395. The zero-order chi connectivity index (χ0) is 39.8. The number of rotatable bonds is 14. The molecule has 4 aromatic rings. The number of ether oxygens (including phenoxy) is 2. The molecule has 2 aliphatic carbocycles. The molecule has 1 saturated carbocycles. The van der Waals surface area contributed by atoms with Crippen LogP contribution in [0.15, 0.2) is 77.7 Å². The smallest absolute Gasteiger partial charge is 0.337 e. The maximum atomic E-state index is 14.1. The van der Waals surface area contributed by atoms with Crippen molar-refractivity contribution in [1.82, 2.24) is 4.31 Å². The lowest BCUT2D eigenvalue weighted by molar-refractivity contribution is -0.146. The molecule has 0 unspecified atom stereocenters. The number of thiophene rings is 1. The van der Waals surface area contributed by atoms with Crippen molar-refractivity contribution in [1.29, 1.82) is 0 Å². The van der Waals surface area contributed by atoms with Crippen molar-refractivity contribution in [2.45, 2.75) is 88.5 Å². The number of carbonyl (C=O) groups excluding carboxylic acids is 4. The van der Waals surface area contributed by atoms with E-state index in [-0.39, 0.29) is 40.3 Å². The van der Waals surface area contributed by atoms with Crippen LogP contribution in [-0.4, -0.2) is 63.3 Å². The van der Waals surface area contributed by atoms with Crippen molar-refractivity contribution in [3.05, 3.63) is 111 Å². The van der Waals surface area contributed by atoms with Gasteiger partial charge in [0.1, 0.15) is 5.00 Å². The minimum atomic E-state index is -3.96. The van der Waals surface area contributed by atoms with Crippen LogP contribution >= 0.6 is 11.3 Å². The number of aryl methyl sites for hydroxylation is 3. The van der Waals surface area contributed by atoms with Gasteiger partial charge in [-0.1, -0.05) is 37.3 Å². The summed E-state index contributed by atoms with van der Waals surface area (Å²) in [4.78, 5) is 52.7. The number of hydrogen-bond donors (Lipinski definition) is 2. The Kier molecular flexibility index (Phi) is 13.4. The molecule has 296 valence electrons. The Morgan fingerprint density at radius 2 is 1.45 bits per heavy atom. The minimum Gasteiger partial charge on any atom is -0.469 e. The van der Waals surface area contributed by atoms with E-state index in [9.17, 15) is 27.6 Å². The van der Waals surface area contributed by atoms with Crippen LogP contribution in [0.1, 0.15) is 105 Å². The van der Waals surface area contributed by atoms with Crippen LogP contribution in [0.2, 0.25) is 0 Å². The molecule has 0 saturated heterocycles. The third kappa shape index (κ3) is 9.39. The molecule has 13 heteroatoms. The van der Waals surface area contributed by atoms with E-state index in [2.05, 4.69) is 10.6 Å². The predicted octanol–water partition coefficient (Wildman–Crippen LogP) is 7.84. The summed E-state index contributed by atoms with van der Waals surface area (Å²) in [5.41, 5.74) is 4.87. The fourth-order valence-electron chi connectivity index (χ4n) is 7.65. The van der Waals surface area contributed by atoms with Gasteiger partial charge >= 0.3 is 11.9 Å². The Labute approximate surface area is 332 Å². The van der Waals surface area contributed by atoms with Crippen LogP contribution < -0.4 is 10.6 Å². The first-order valence-electron chi connectivity index (χ1n) is 19.3. The zero-order valence-corrected chi connectivity index (χ0v) is 33.7. The summed E-state index contributed by atoms with van der Waals surface area (Å²) in [7, 11) is -1.23. The van der Waals surface area contributed by atoms with Gasteiger partial charge in [0.05, 0.1) is 36.2 Å². The van der Waals surface area contributed by atoms with Gasteiger partial charge in [-0.25, -0.2) is 13.2 Å². The van der Waals surface area contributed by atoms with E-state index in [1.54, 1.807) is 24.3 Å². The number of amides is 2. The Bertz CT molecular complexity index is 2160. The second-order valence-corrected chi connectivity index (χ2v) is 17.4. The van der Waals surface area contributed by atoms with Crippen LogP contribution in [0.25, 0.3) is 0 Å². The van der Waals surface area contributed by atoms with E-state index in [1.807, 2.05) is 43.3 Å². The molecule has 56 heavy (non-hydrogen) atoms. The number of sulfonamides is 1. The largest absolute Gasteiger partial charge is 0.469 e. The molecule has 11 nitrogen and oxygen atoms in total. The van der Waals surface area contributed by atoms with E-state index >= 15 is 0 Å². The summed E-state index contributed by atoms with van der Waals surface area (Å²) in [6, 6.07) is 20.8. The first kappa shape index (κ1) is 40.8. The number of anilines is 2. The highest BCUT2D eigenvalue weighted by Gasteiger charge is 2.36. The molecule has 0 bridgehead atoms. The fourth-order valence-corrected chi connectivity index (χ4v) is 10.8. The number of nitrogens with one attached hydrogen (secondary N) is 2. The van der Waals surface area contributed by atoms with Crippen molar-refractivity contribution in [2.75, 3.05) is 31.4 Å². The molecule has 1 fully saturated rings. The van der Waals surface area contributed by atoms with Gasteiger partial charge in [0.15, 0.2) is 0 Å². The summed E-state index contributed by atoms with van der Waals surface area (Å²) in [5.74, 6) is -1.67. The Morgan fingerprint density at radius 3 is 2.09 bits per heavy atom. The average Bonchev–Trinajstić information content (AvgIpc) is 3.60. The molecule has 0 aliphatic heterocycles. The molecule has 0 spiro atoms. The van der Waals surface area contributed by atoms with E-state index in [4.69, 9.17) is 9.47 Å². The number of nitrogens with zero attached hydrogens (tertiary/aromatic N) is 1. The molecule has 1 aromatic heterocycles. The van der Waals surface area contributed by atoms with Crippen LogP contribution in [0.4, 0.5) is 10.7 Å². The molecular weight excluding hydrogens is 751 g/mol. The minimum absolute atomic E-state index is 0.0250. The molecule has 3 aromatic carbocycles. The number of fused-ring (bicyclic) bond motifs is 1. The first-order valence-corrected chi connectivity index (χ1v) is 21.5. The van der Waals surface area contributed by atoms with Crippen molar-refractivity contribution in [3.63, 3.8) is 0 Å². The van der Waals surface area contributed by atoms with Crippen LogP contribution in [0.3, 0.4) is 0 Å². The molecule has 2 N–H and O–H groups in total. The van der Waals surface area contributed by atoms with Crippen LogP contribution in [-0.2, 0) is 50.0 Å². The highest BCUT2D eigenvalue weighted by Crippen LogP contribution is 2.39. The topological polar surface area (TPSA) is 148 Å². The van der Waals surface area contributed by atoms with Gasteiger partial charge in [0, 0.05) is 28.7 Å². The normalized spacial score (nSPS) is 16.8. The molecule has 0 atom stereocenters. The zero-order valence-electron chi connectivity index (χ0n) is 32.1. The number of hydrogen-bond acceptors (Lipinski definition) is 9. The van der Waals surface area contributed by atoms with Gasteiger partial charge in [0.25, 0.3) is 11.8 Å². The first-order chi connectivity index (χ1) is 27.0. The number of carbonyl (C=O) groups is 4. The summed E-state index contributed by atoms with van der Waals surface area (Å²) in [6.07, 6.45) is 7.86. The Morgan fingerprint density at radius 1 is 0.786 bits per heavy atom. The maximum absolute atomic E-state index is 14.1. The van der Waals surface area contributed by atoms with Gasteiger partial charge in [0.2, 0.25) is 10.0 Å².